The van der Waals surface area contributed by atoms with Crippen LogP contribution >= 0.6 is 0 Å². The number of allylic oxidation sites excluding steroid dienone is 2. The van der Waals surface area contributed by atoms with Crippen molar-refractivity contribution in [1.82, 2.24) is 4.90 Å². The summed E-state index contributed by atoms with van der Waals surface area (Å²) in [5, 5.41) is 2.63. The van der Waals surface area contributed by atoms with Gasteiger partial charge in [-0.3, -0.25) is 19.3 Å². The summed E-state index contributed by atoms with van der Waals surface area (Å²) in [4.78, 5) is 52.1. The topological polar surface area (TPSA) is 111 Å². The molecular formula is C23H26N2O7. The summed E-state index contributed by atoms with van der Waals surface area (Å²) in [7, 11) is 0. The van der Waals surface area contributed by atoms with Crippen LogP contribution in [0.3, 0.4) is 0 Å². The van der Waals surface area contributed by atoms with Gasteiger partial charge in [0.25, 0.3) is 5.91 Å². The number of carbonyl (C=O) groups excluding carboxylic acids is 4. The third kappa shape index (κ3) is 4.32. The number of nitrogens with zero attached hydrogens (tertiary/aromatic N) is 1. The van der Waals surface area contributed by atoms with Crippen LogP contribution in [0.15, 0.2) is 30.4 Å². The molecule has 2 heterocycles. The van der Waals surface area contributed by atoms with E-state index in [2.05, 4.69) is 5.32 Å². The molecular weight excluding hydrogens is 416 g/mol. The molecule has 0 spiro atoms. The maximum atomic E-state index is 12.9. The molecule has 2 aliphatic heterocycles. The average Bonchev–Trinajstić information content (AvgIpc) is 3.33. The number of nitrogens with one attached hydrogen (secondary N) is 1. The summed E-state index contributed by atoms with van der Waals surface area (Å²) in [6.07, 6.45) is 5.05. The van der Waals surface area contributed by atoms with E-state index in [1.165, 1.54) is 0 Å². The second-order valence-corrected chi connectivity index (χ2v) is 8.57. The molecule has 1 aliphatic carbocycles. The monoisotopic (exact) mass is 442 g/mol. The van der Waals surface area contributed by atoms with Gasteiger partial charge in [-0.05, 0) is 37.3 Å². The summed E-state index contributed by atoms with van der Waals surface area (Å²) in [6.45, 7) is 3.37. The van der Waals surface area contributed by atoms with Gasteiger partial charge in [0.15, 0.2) is 18.1 Å². The van der Waals surface area contributed by atoms with E-state index >= 15 is 0 Å². The molecule has 32 heavy (non-hydrogen) atoms. The molecule has 3 amide bonds. The zero-order chi connectivity index (χ0) is 22.8. The van der Waals surface area contributed by atoms with Crippen LogP contribution in [0.1, 0.15) is 33.1 Å². The first kappa shape index (κ1) is 21.9. The Morgan fingerprint density at radius 3 is 2.41 bits per heavy atom. The lowest BCUT2D eigenvalue weighted by Gasteiger charge is -2.26. The van der Waals surface area contributed by atoms with Crippen molar-refractivity contribution in [3.63, 3.8) is 0 Å². The van der Waals surface area contributed by atoms with Gasteiger partial charge in [-0.15, -0.1) is 0 Å². The third-order valence-electron chi connectivity index (χ3n) is 5.82. The number of imide groups is 1. The Morgan fingerprint density at radius 1 is 1.09 bits per heavy atom. The first-order valence-electron chi connectivity index (χ1n) is 10.7. The fraction of sp³-hybridized carbons (Fsp3) is 0.478. The molecule has 0 radical (unpaired) electrons. The SMILES string of the molecule is CC(C)C[C@H](C(=O)OCC(=O)Nc1ccc2c(c1)OCO2)N1C(=O)[C@@H]2CC=CC[C@H]2C1=O. The number of esters is 1. The Labute approximate surface area is 185 Å². The predicted octanol–water partition coefficient (Wildman–Crippen LogP) is 2.26. The summed E-state index contributed by atoms with van der Waals surface area (Å²) in [5.74, 6) is -1.69. The Kier molecular flexibility index (Phi) is 6.16. The highest BCUT2D eigenvalue weighted by molar-refractivity contribution is 6.08. The quantitative estimate of drug-likeness (QED) is 0.392. The standard InChI is InChI=1S/C23H26N2O7/c1-13(2)9-17(25-21(27)15-5-3-4-6-16(15)22(25)28)23(29)30-11-20(26)24-14-7-8-18-19(10-14)32-12-31-18/h3-4,7-8,10,13,15-17H,5-6,9,11-12H2,1-2H3,(H,24,26)/t15-,16-,17-/m1/s1. The molecule has 170 valence electrons. The van der Waals surface area contributed by atoms with Gasteiger partial charge in [0.1, 0.15) is 6.04 Å². The fourth-order valence-corrected chi connectivity index (χ4v) is 4.29. The number of ether oxygens (including phenoxy) is 3. The van der Waals surface area contributed by atoms with Crippen LogP contribution in [0.4, 0.5) is 5.69 Å². The first-order valence-corrected chi connectivity index (χ1v) is 10.7. The smallest absolute Gasteiger partial charge is 0.329 e. The molecule has 1 fully saturated rings. The van der Waals surface area contributed by atoms with Gasteiger partial charge in [0.2, 0.25) is 18.6 Å². The minimum absolute atomic E-state index is 0.0383. The van der Waals surface area contributed by atoms with Crippen LogP contribution in [0, 0.1) is 17.8 Å². The normalized spacial score (nSPS) is 22.2. The second-order valence-electron chi connectivity index (χ2n) is 8.57. The molecule has 1 N–H and O–H groups in total. The van der Waals surface area contributed by atoms with Crippen LogP contribution in [-0.4, -0.2) is 48.0 Å². The molecule has 0 unspecified atom stereocenters. The van der Waals surface area contributed by atoms with Crippen molar-refractivity contribution in [3.8, 4) is 11.5 Å². The summed E-state index contributed by atoms with van der Waals surface area (Å²) >= 11 is 0. The molecule has 3 aliphatic rings. The van der Waals surface area contributed by atoms with Crippen LogP contribution in [0.25, 0.3) is 0 Å². The number of hydrogen-bond acceptors (Lipinski definition) is 7. The lowest BCUT2D eigenvalue weighted by molar-refractivity contribution is -0.160. The van der Waals surface area contributed by atoms with E-state index in [0.29, 0.717) is 30.0 Å². The van der Waals surface area contributed by atoms with Gasteiger partial charge in [-0.25, -0.2) is 4.79 Å². The fourth-order valence-electron chi connectivity index (χ4n) is 4.29. The van der Waals surface area contributed by atoms with Crippen molar-refractivity contribution in [2.24, 2.45) is 17.8 Å². The predicted molar refractivity (Wildman–Crippen MR) is 113 cm³/mol. The number of rotatable bonds is 7. The average molecular weight is 442 g/mol. The number of hydrogen-bond donors (Lipinski definition) is 1. The lowest BCUT2D eigenvalue weighted by Crippen LogP contribution is -2.47. The lowest BCUT2D eigenvalue weighted by atomic mass is 9.85. The molecule has 9 heteroatoms. The Hall–Kier alpha value is -3.36. The summed E-state index contributed by atoms with van der Waals surface area (Å²) < 4.78 is 15.7. The van der Waals surface area contributed by atoms with Crippen molar-refractivity contribution in [1.29, 1.82) is 0 Å². The van der Waals surface area contributed by atoms with Crippen molar-refractivity contribution in [2.45, 2.75) is 39.2 Å². The number of fused-ring (bicyclic) bond motifs is 2. The van der Waals surface area contributed by atoms with Gasteiger partial charge >= 0.3 is 5.97 Å². The Morgan fingerprint density at radius 2 is 1.75 bits per heavy atom. The minimum atomic E-state index is -1.04. The van der Waals surface area contributed by atoms with E-state index in [4.69, 9.17) is 14.2 Å². The van der Waals surface area contributed by atoms with Crippen LogP contribution in [-0.2, 0) is 23.9 Å². The highest BCUT2D eigenvalue weighted by Gasteiger charge is 2.51. The van der Waals surface area contributed by atoms with Gasteiger partial charge in [-0.2, -0.15) is 0 Å². The van der Waals surface area contributed by atoms with Gasteiger partial charge in [-0.1, -0.05) is 26.0 Å². The molecule has 1 saturated heterocycles. The summed E-state index contributed by atoms with van der Waals surface area (Å²) in [6, 6.07) is 3.88. The van der Waals surface area contributed by atoms with E-state index in [-0.39, 0.29) is 30.9 Å². The van der Waals surface area contributed by atoms with Crippen molar-refractivity contribution in [3.05, 3.63) is 30.4 Å². The molecule has 1 aromatic carbocycles. The van der Waals surface area contributed by atoms with Crippen LogP contribution < -0.4 is 14.8 Å². The van der Waals surface area contributed by atoms with Gasteiger partial charge < -0.3 is 19.5 Å². The number of amides is 3. The Balaban J connectivity index is 1.39. The van der Waals surface area contributed by atoms with Crippen molar-refractivity contribution < 1.29 is 33.4 Å². The molecule has 4 rings (SSSR count). The second kappa shape index (κ2) is 9.02. The van der Waals surface area contributed by atoms with Crippen LogP contribution in [0.2, 0.25) is 0 Å². The van der Waals surface area contributed by atoms with E-state index in [9.17, 15) is 19.2 Å². The molecule has 1 aromatic rings. The summed E-state index contributed by atoms with van der Waals surface area (Å²) in [5.41, 5.74) is 0.468. The maximum Gasteiger partial charge on any atom is 0.329 e. The number of carbonyl (C=O) groups is 4. The highest BCUT2D eigenvalue weighted by Crippen LogP contribution is 2.37. The van der Waals surface area contributed by atoms with E-state index in [1.807, 2.05) is 26.0 Å². The molecule has 0 saturated carbocycles. The number of likely N-dealkylation sites (tertiary alicyclic amines) is 1. The third-order valence-corrected chi connectivity index (χ3v) is 5.82. The molecule has 3 atom stereocenters. The van der Waals surface area contributed by atoms with Crippen molar-refractivity contribution >= 4 is 29.4 Å². The molecule has 0 aromatic heterocycles. The molecule has 0 bridgehead atoms. The van der Waals surface area contributed by atoms with E-state index in [0.717, 1.165) is 4.90 Å². The number of anilines is 1. The zero-order valence-electron chi connectivity index (χ0n) is 18.0. The van der Waals surface area contributed by atoms with Crippen LogP contribution in [0.5, 0.6) is 11.5 Å². The van der Waals surface area contributed by atoms with Crippen molar-refractivity contribution in [2.75, 3.05) is 18.7 Å². The molecule has 9 nitrogen and oxygen atoms in total. The number of benzene rings is 1. The highest BCUT2D eigenvalue weighted by atomic mass is 16.7. The van der Waals surface area contributed by atoms with E-state index < -0.39 is 36.4 Å². The minimum Gasteiger partial charge on any atom is -0.454 e. The first-order chi connectivity index (χ1) is 15.3. The largest absolute Gasteiger partial charge is 0.454 e. The Bertz CT molecular complexity index is 945. The zero-order valence-corrected chi connectivity index (χ0v) is 18.0. The van der Waals surface area contributed by atoms with Gasteiger partial charge in [0.05, 0.1) is 11.8 Å². The van der Waals surface area contributed by atoms with E-state index in [1.54, 1.807) is 18.2 Å². The van der Waals surface area contributed by atoms with Gasteiger partial charge in [0, 0.05) is 11.8 Å². The maximum absolute atomic E-state index is 12.9.